The van der Waals surface area contributed by atoms with Gasteiger partial charge in [0.2, 0.25) is 5.88 Å². The van der Waals surface area contributed by atoms with E-state index in [1.54, 1.807) is 24.3 Å². The molecule has 0 amide bonds. The lowest BCUT2D eigenvalue weighted by Crippen LogP contribution is -2.16. The Balaban J connectivity index is 1.74. The number of allylic oxidation sites excluding steroid dienone is 1. The van der Waals surface area contributed by atoms with Crippen LogP contribution in [0.25, 0.3) is 17.3 Å². The van der Waals surface area contributed by atoms with Crippen LogP contribution in [0.5, 0.6) is 17.4 Å². The van der Waals surface area contributed by atoms with E-state index in [9.17, 15) is 9.90 Å². The maximum Gasteiger partial charge on any atom is 0.262 e. The number of aromatic nitrogens is 2. The average molecular weight is 448 g/mol. The maximum atomic E-state index is 12.5. The second kappa shape index (κ2) is 8.95. The van der Waals surface area contributed by atoms with Gasteiger partial charge in [0.05, 0.1) is 5.69 Å². The van der Waals surface area contributed by atoms with E-state index in [0.29, 0.717) is 22.8 Å². The van der Waals surface area contributed by atoms with Gasteiger partial charge in [-0.3, -0.25) is 14.3 Å². The predicted molar refractivity (Wildman–Crippen MR) is 126 cm³/mol. The third-order valence-corrected chi connectivity index (χ3v) is 5.66. The summed E-state index contributed by atoms with van der Waals surface area (Å²) in [5, 5.41) is 20.4. The minimum absolute atomic E-state index is 0.0186. The van der Waals surface area contributed by atoms with Crippen molar-refractivity contribution in [1.29, 1.82) is 5.41 Å². The highest BCUT2D eigenvalue weighted by atomic mass is 32.1. The molecule has 3 N–H and O–H groups in total. The fourth-order valence-electron chi connectivity index (χ4n) is 2.98. The van der Waals surface area contributed by atoms with E-state index in [4.69, 9.17) is 22.4 Å². The Morgan fingerprint density at radius 1 is 1.06 bits per heavy atom. The Hall–Kier alpha value is -3.75. The molecule has 0 fully saturated rings. The number of hydrogen-bond donors (Lipinski definition) is 3. The van der Waals surface area contributed by atoms with Crippen molar-refractivity contribution >= 4 is 41.4 Å². The van der Waals surface area contributed by atoms with Gasteiger partial charge in [0.1, 0.15) is 17.1 Å². The SMILES string of the molecule is N=CC(=Cc1c(O)n(-c2ccc(Oc3ccccc3)cc2)c(=S)[nH]c1=O)c1cccs1. The lowest BCUT2D eigenvalue weighted by molar-refractivity contribution is 0.431. The number of aromatic amines is 1. The number of nitrogens with zero attached hydrogens (tertiary/aromatic N) is 1. The highest BCUT2D eigenvalue weighted by Gasteiger charge is 2.14. The van der Waals surface area contributed by atoms with Crippen LogP contribution in [0.2, 0.25) is 0 Å². The van der Waals surface area contributed by atoms with E-state index in [1.807, 2.05) is 47.8 Å². The summed E-state index contributed by atoms with van der Waals surface area (Å²) in [7, 11) is 0. The molecule has 0 spiro atoms. The molecule has 154 valence electrons. The van der Waals surface area contributed by atoms with E-state index in [2.05, 4.69) is 4.98 Å². The Kier molecular flexibility index (Phi) is 5.92. The minimum Gasteiger partial charge on any atom is -0.494 e. The molecule has 0 aliphatic rings. The zero-order valence-corrected chi connectivity index (χ0v) is 17.7. The molecular formula is C23H17N3O3S2. The van der Waals surface area contributed by atoms with E-state index < -0.39 is 5.56 Å². The van der Waals surface area contributed by atoms with Crippen molar-refractivity contribution in [3.8, 4) is 23.1 Å². The summed E-state index contributed by atoms with van der Waals surface area (Å²) in [4.78, 5) is 15.9. The number of benzene rings is 2. The number of ether oxygens (including phenoxy) is 1. The van der Waals surface area contributed by atoms with Gasteiger partial charge in [-0.25, -0.2) is 0 Å². The first-order chi connectivity index (χ1) is 15.1. The fourth-order valence-corrected chi connectivity index (χ4v) is 3.98. The lowest BCUT2D eigenvalue weighted by Gasteiger charge is -2.13. The topological polar surface area (TPSA) is 91.1 Å². The van der Waals surface area contributed by atoms with E-state index in [1.165, 1.54) is 22.0 Å². The average Bonchev–Trinajstić information content (AvgIpc) is 3.30. The van der Waals surface area contributed by atoms with Gasteiger partial charge in [-0.1, -0.05) is 24.3 Å². The summed E-state index contributed by atoms with van der Waals surface area (Å²) in [5.74, 6) is 1.02. The van der Waals surface area contributed by atoms with E-state index >= 15 is 0 Å². The largest absolute Gasteiger partial charge is 0.494 e. The molecule has 4 aromatic rings. The molecule has 4 rings (SSSR count). The van der Waals surface area contributed by atoms with Gasteiger partial charge >= 0.3 is 0 Å². The first kappa shape index (κ1) is 20.5. The van der Waals surface area contributed by atoms with Crippen LogP contribution in [0.4, 0.5) is 0 Å². The summed E-state index contributed by atoms with van der Waals surface area (Å²) in [5.41, 5.74) is 0.552. The molecule has 0 radical (unpaired) electrons. The molecule has 2 aromatic carbocycles. The quantitative estimate of drug-likeness (QED) is 0.263. The molecule has 6 nitrogen and oxygen atoms in total. The molecule has 0 aliphatic heterocycles. The van der Waals surface area contributed by atoms with Crippen molar-refractivity contribution in [3.05, 3.63) is 97.7 Å². The molecule has 31 heavy (non-hydrogen) atoms. The van der Waals surface area contributed by atoms with Crippen LogP contribution < -0.4 is 10.3 Å². The number of aromatic hydroxyl groups is 1. The number of para-hydroxylation sites is 1. The normalized spacial score (nSPS) is 11.3. The summed E-state index contributed by atoms with van der Waals surface area (Å²) < 4.78 is 7.22. The second-order valence-electron chi connectivity index (χ2n) is 6.46. The Morgan fingerprint density at radius 2 is 1.77 bits per heavy atom. The number of nitrogens with one attached hydrogen (secondary N) is 2. The molecule has 2 heterocycles. The smallest absolute Gasteiger partial charge is 0.262 e. The molecule has 0 bridgehead atoms. The van der Waals surface area contributed by atoms with Crippen LogP contribution in [0, 0.1) is 10.2 Å². The first-order valence-electron chi connectivity index (χ1n) is 9.24. The van der Waals surface area contributed by atoms with Crippen LogP contribution in [-0.2, 0) is 0 Å². The Labute approximate surface area is 186 Å². The van der Waals surface area contributed by atoms with Crippen molar-refractivity contribution in [3.63, 3.8) is 0 Å². The molecule has 0 saturated heterocycles. The van der Waals surface area contributed by atoms with Crippen LogP contribution >= 0.6 is 23.6 Å². The van der Waals surface area contributed by atoms with E-state index in [0.717, 1.165) is 11.1 Å². The predicted octanol–water partition coefficient (Wildman–Crippen LogP) is 5.64. The van der Waals surface area contributed by atoms with Crippen molar-refractivity contribution in [2.75, 3.05) is 0 Å². The molecule has 0 aliphatic carbocycles. The van der Waals surface area contributed by atoms with Crippen LogP contribution in [0.15, 0.2) is 76.9 Å². The first-order valence-corrected chi connectivity index (χ1v) is 10.5. The number of rotatable bonds is 6. The van der Waals surface area contributed by atoms with Crippen molar-refractivity contribution in [1.82, 2.24) is 9.55 Å². The zero-order chi connectivity index (χ0) is 21.8. The van der Waals surface area contributed by atoms with Crippen LogP contribution in [0.1, 0.15) is 10.4 Å². The lowest BCUT2D eigenvalue weighted by atomic mass is 10.1. The van der Waals surface area contributed by atoms with E-state index in [-0.39, 0.29) is 16.2 Å². The summed E-state index contributed by atoms with van der Waals surface area (Å²) >= 11 is 6.72. The third-order valence-electron chi connectivity index (χ3n) is 4.46. The van der Waals surface area contributed by atoms with Crippen molar-refractivity contribution in [2.45, 2.75) is 0 Å². The third kappa shape index (κ3) is 4.40. The summed E-state index contributed by atoms with van der Waals surface area (Å²) in [6.45, 7) is 0. The Bertz CT molecular complexity index is 1350. The van der Waals surface area contributed by atoms with Gasteiger partial charge in [0, 0.05) is 16.7 Å². The number of H-pyrrole nitrogens is 1. The van der Waals surface area contributed by atoms with Crippen LogP contribution in [-0.4, -0.2) is 20.9 Å². The molecule has 0 unspecified atom stereocenters. The summed E-state index contributed by atoms with van der Waals surface area (Å²) in [6, 6.07) is 20.0. The molecule has 0 saturated carbocycles. The van der Waals surface area contributed by atoms with Gasteiger partial charge in [-0.05, 0) is 66.1 Å². The highest BCUT2D eigenvalue weighted by Crippen LogP contribution is 2.27. The van der Waals surface area contributed by atoms with Gasteiger partial charge in [0.25, 0.3) is 5.56 Å². The zero-order valence-electron chi connectivity index (χ0n) is 16.1. The molecule has 2 aromatic heterocycles. The number of thiophene rings is 1. The standard InChI is InChI=1S/C23H17N3O3S2/c24-14-15(20-7-4-12-31-20)13-19-21(27)25-23(30)26(22(19)28)16-8-10-18(11-9-16)29-17-5-2-1-3-6-17/h1-14,24,28H,(H,25,27,30). The molecule has 0 atom stereocenters. The summed E-state index contributed by atoms with van der Waals surface area (Å²) in [6.07, 6.45) is 2.62. The molecule has 8 heteroatoms. The van der Waals surface area contributed by atoms with Gasteiger partial charge in [-0.15, -0.1) is 11.3 Å². The van der Waals surface area contributed by atoms with Gasteiger partial charge < -0.3 is 15.3 Å². The maximum absolute atomic E-state index is 12.5. The van der Waals surface area contributed by atoms with Crippen LogP contribution in [0.3, 0.4) is 0 Å². The second-order valence-corrected chi connectivity index (χ2v) is 7.80. The number of hydrogen-bond acceptors (Lipinski definition) is 6. The highest BCUT2D eigenvalue weighted by molar-refractivity contribution is 7.71. The van der Waals surface area contributed by atoms with Crippen molar-refractivity contribution in [2.24, 2.45) is 0 Å². The minimum atomic E-state index is -0.529. The monoisotopic (exact) mass is 447 g/mol. The van der Waals surface area contributed by atoms with Gasteiger partial charge in [0.15, 0.2) is 4.77 Å². The molecular weight excluding hydrogens is 430 g/mol. The fraction of sp³-hybridized carbons (Fsp3) is 0. The Morgan fingerprint density at radius 3 is 2.42 bits per heavy atom. The van der Waals surface area contributed by atoms with Gasteiger partial charge in [-0.2, -0.15) is 0 Å². The van der Waals surface area contributed by atoms with Crippen molar-refractivity contribution < 1.29 is 9.84 Å².